The average Bonchev–Trinajstić information content (AvgIpc) is 3.49. The smallest absolute Gasteiger partial charge is 0.233 e. The van der Waals surface area contributed by atoms with Crippen molar-refractivity contribution in [2.45, 2.75) is 43.4 Å². The Morgan fingerprint density at radius 2 is 2.22 bits per heavy atom. The van der Waals surface area contributed by atoms with E-state index in [9.17, 15) is 9.90 Å². The lowest BCUT2D eigenvalue weighted by Crippen LogP contribution is -2.32. The first-order valence-corrected chi connectivity index (χ1v) is 10.4. The molecule has 1 atom stereocenters. The quantitative estimate of drug-likeness (QED) is 0.772. The van der Waals surface area contributed by atoms with Gasteiger partial charge in [-0.3, -0.25) is 9.48 Å². The predicted octanol–water partition coefficient (Wildman–Crippen LogP) is 2.86. The molecule has 6 nitrogen and oxygen atoms in total. The van der Waals surface area contributed by atoms with E-state index < -0.39 is 6.10 Å². The van der Waals surface area contributed by atoms with Crippen molar-refractivity contribution >= 4 is 17.7 Å². The zero-order valence-corrected chi connectivity index (χ0v) is 16.3. The van der Waals surface area contributed by atoms with E-state index in [0.717, 1.165) is 54.4 Å². The number of nitrogens with zero attached hydrogens (tertiary/aromatic N) is 3. The highest BCUT2D eigenvalue weighted by Gasteiger charge is 2.33. The summed E-state index contributed by atoms with van der Waals surface area (Å²) in [5.74, 6) is 1.69. The number of carbonyl (C=O) groups is 1. The molecule has 27 heavy (non-hydrogen) atoms. The predicted molar refractivity (Wildman–Crippen MR) is 104 cm³/mol. The Hall–Kier alpha value is -1.99. The van der Waals surface area contributed by atoms with Crippen molar-refractivity contribution in [1.29, 1.82) is 0 Å². The summed E-state index contributed by atoms with van der Waals surface area (Å²) >= 11 is 1.53. The van der Waals surface area contributed by atoms with Gasteiger partial charge >= 0.3 is 0 Å². The number of rotatable bonds is 6. The highest BCUT2D eigenvalue weighted by atomic mass is 32.2. The summed E-state index contributed by atoms with van der Waals surface area (Å²) in [4.78, 5) is 15.7. The third kappa shape index (κ3) is 4.30. The van der Waals surface area contributed by atoms with Crippen molar-refractivity contribution in [3.8, 4) is 5.75 Å². The molecule has 1 amide bonds. The van der Waals surface area contributed by atoms with Crippen LogP contribution in [0.3, 0.4) is 0 Å². The summed E-state index contributed by atoms with van der Waals surface area (Å²) in [5.41, 5.74) is 1.77. The lowest BCUT2D eigenvalue weighted by molar-refractivity contribution is -0.128. The van der Waals surface area contributed by atoms with Gasteiger partial charge < -0.3 is 14.7 Å². The first kappa shape index (κ1) is 18.4. The highest BCUT2D eigenvalue weighted by molar-refractivity contribution is 8.00. The number of benzene rings is 1. The number of methoxy groups -OCH3 is 1. The van der Waals surface area contributed by atoms with Gasteiger partial charge in [-0.25, -0.2) is 0 Å². The number of hydrogen-bond acceptors (Lipinski definition) is 5. The van der Waals surface area contributed by atoms with E-state index >= 15 is 0 Å². The number of aliphatic hydroxyl groups is 1. The SMILES string of the molecule is COc1cccc(SCC(=O)N2CCCn3nc(C(O)C4CC4)cc3C2)c1. The number of thioether (sulfide) groups is 1. The fraction of sp³-hybridized carbons (Fsp3) is 0.500. The van der Waals surface area contributed by atoms with Crippen LogP contribution in [-0.4, -0.2) is 45.1 Å². The highest BCUT2D eigenvalue weighted by Crippen LogP contribution is 2.40. The van der Waals surface area contributed by atoms with Crippen LogP contribution in [0.15, 0.2) is 35.2 Å². The van der Waals surface area contributed by atoms with Gasteiger partial charge in [-0.15, -0.1) is 11.8 Å². The monoisotopic (exact) mass is 387 g/mol. The molecule has 7 heteroatoms. The number of amides is 1. The van der Waals surface area contributed by atoms with E-state index in [0.29, 0.717) is 18.2 Å². The van der Waals surface area contributed by atoms with Gasteiger partial charge in [-0.05, 0) is 49.4 Å². The molecule has 1 fully saturated rings. The molecule has 1 unspecified atom stereocenters. The zero-order valence-electron chi connectivity index (χ0n) is 15.5. The summed E-state index contributed by atoms with van der Waals surface area (Å²) in [6.45, 7) is 2.09. The summed E-state index contributed by atoms with van der Waals surface area (Å²) in [6, 6.07) is 9.74. The van der Waals surface area contributed by atoms with Crippen LogP contribution in [-0.2, 0) is 17.9 Å². The fourth-order valence-corrected chi connectivity index (χ4v) is 4.27. The van der Waals surface area contributed by atoms with Crippen molar-refractivity contribution in [3.63, 3.8) is 0 Å². The van der Waals surface area contributed by atoms with Gasteiger partial charge in [-0.2, -0.15) is 5.10 Å². The van der Waals surface area contributed by atoms with Crippen molar-refractivity contribution in [2.75, 3.05) is 19.4 Å². The third-order valence-electron chi connectivity index (χ3n) is 5.16. The minimum atomic E-state index is -0.461. The first-order valence-electron chi connectivity index (χ1n) is 9.43. The van der Waals surface area contributed by atoms with E-state index in [-0.39, 0.29) is 5.91 Å². The number of aryl methyl sites for hydroxylation is 1. The molecule has 144 valence electrons. The van der Waals surface area contributed by atoms with Crippen LogP contribution in [0.2, 0.25) is 0 Å². The Morgan fingerprint density at radius 3 is 3.00 bits per heavy atom. The second kappa shape index (κ2) is 7.94. The average molecular weight is 388 g/mol. The standard InChI is InChI=1S/C20H25N3O3S/c1-26-16-4-2-5-17(11-16)27-13-19(24)22-8-3-9-23-15(12-22)10-18(21-23)20(25)14-6-7-14/h2,4-5,10-11,14,20,25H,3,6-9,12-13H2,1H3. The maximum Gasteiger partial charge on any atom is 0.233 e. The second-order valence-corrected chi connectivity index (χ2v) is 8.25. The molecule has 1 saturated carbocycles. The zero-order chi connectivity index (χ0) is 18.8. The normalized spacial score (nSPS) is 17.9. The summed E-state index contributed by atoms with van der Waals surface area (Å²) in [5, 5.41) is 14.9. The van der Waals surface area contributed by atoms with E-state index in [2.05, 4.69) is 5.10 Å². The number of hydrogen-bond donors (Lipinski definition) is 1. The van der Waals surface area contributed by atoms with E-state index in [4.69, 9.17) is 4.74 Å². The van der Waals surface area contributed by atoms with Gasteiger partial charge in [-0.1, -0.05) is 6.07 Å². The molecular formula is C20H25N3O3S. The second-order valence-electron chi connectivity index (χ2n) is 7.20. The van der Waals surface area contributed by atoms with Crippen LogP contribution in [0, 0.1) is 5.92 Å². The van der Waals surface area contributed by atoms with Gasteiger partial charge in [0.1, 0.15) is 11.9 Å². The van der Waals surface area contributed by atoms with E-state index in [1.165, 1.54) is 11.8 Å². The minimum absolute atomic E-state index is 0.127. The van der Waals surface area contributed by atoms with E-state index in [1.807, 2.05) is 39.9 Å². The Kier molecular flexibility index (Phi) is 5.41. The Labute approximate surface area is 163 Å². The molecule has 0 bridgehead atoms. The molecule has 4 rings (SSSR count). The Bertz CT molecular complexity index is 819. The molecular weight excluding hydrogens is 362 g/mol. The molecule has 0 radical (unpaired) electrons. The van der Waals surface area contributed by atoms with Gasteiger partial charge in [0, 0.05) is 18.0 Å². The number of ether oxygens (including phenoxy) is 1. The molecule has 2 heterocycles. The summed E-state index contributed by atoms with van der Waals surface area (Å²) in [6.07, 6.45) is 2.57. The maximum atomic E-state index is 12.7. The van der Waals surface area contributed by atoms with Gasteiger partial charge in [0.2, 0.25) is 5.91 Å². The lowest BCUT2D eigenvalue weighted by atomic mass is 10.1. The minimum Gasteiger partial charge on any atom is -0.497 e. The van der Waals surface area contributed by atoms with Crippen LogP contribution in [0.1, 0.15) is 36.8 Å². The maximum absolute atomic E-state index is 12.7. The van der Waals surface area contributed by atoms with Crippen molar-refractivity contribution in [2.24, 2.45) is 5.92 Å². The van der Waals surface area contributed by atoms with E-state index in [1.54, 1.807) is 7.11 Å². The number of aliphatic hydroxyl groups excluding tert-OH is 1. The van der Waals surface area contributed by atoms with Crippen molar-refractivity contribution < 1.29 is 14.6 Å². The largest absolute Gasteiger partial charge is 0.497 e. The number of carbonyl (C=O) groups excluding carboxylic acids is 1. The Morgan fingerprint density at radius 1 is 1.37 bits per heavy atom. The van der Waals surface area contributed by atoms with Crippen LogP contribution >= 0.6 is 11.8 Å². The van der Waals surface area contributed by atoms with Gasteiger partial charge in [0.05, 0.1) is 30.8 Å². The fourth-order valence-electron chi connectivity index (χ4n) is 3.42. The molecule has 1 aromatic carbocycles. The third-order valence-corrected chi connectivity index (χ3v) is 6.14. The molecule has 1 N–H and O–H groups in total. The summed E-state index contributed by atoms with van der Waals surface area (Å²) in [7, 11) is 1.64. The van der Waals surface area contributed by atoms with Gasteiger partial charge in [0.25, 0.3) is 0 Å². The van der Waals surface area contributed by atoms with Gasteiger partial charge in [0.15, 0.2) is 0 Å². The van der Waals surface area contributed by atoms with Crippen molar-refractivity contribution in [1.82, 2.24) is 14.7 Å². The van der Waals surface area contributed by atoms with Crippen LogP contribution < -0.4 is 4.74 Å². The molecule has 0 spiro atoms. The topological polar surface area (TPSA) is 67.6 Å². The molecule has 2 aromatic rings. The van der Waals surface area contributed by atoms with Crippen molar-refractivity contribution in [3.05, 3.63) is 41.7 Å². The number of fused-ring (bicyclic) bond motifs is 1. The molecule has 1 aliphatic heterocycles. The molecule has 2 aliphatic rings. The molecule has 1 aliphatic carbocycles. The Balaban J connectivity index is 1.39. The molecule has 1 aromatic heterocycles. The number of aromatic nitrogens is 2. The molecule has 0 saturated heterocycles. The lowest BCUT2D eigenvalue weighted by Gasteiger charge is -2.20. The van der Waals surface area contributed by atoms with Crippen LogP contribution in [0.25, 0.3) is 0 Å². The van der Waals surface area contributed by atoms with Crippen LogP contribution in [0.5, 0.6) is 5.75 Å². The van der Waals surface area contributed by atoms with Crippen LogP contribution in [0.4, 0.5) is 0 Å². The summed E-state index contributed by atoms with van der Waals surface area (Å²) < 4.78 is 7.20. The first-order chi connectivity index (χ1) is 13.1.